The molecule has 0 radical (unpaired) electrons. The predicted molar refractivity (Wildman–Crippen MR) is 156 cm³/mol. The minimum atomic E-state index is -0.922. The van der Waals surface area contributed by atoms with E-state index in [2.05, 4.69) is 13.8 Å². The first-order valence-corrected chi connectivity index (χ1v) is 14.0. The van der Waals surface area contributed by atoms with Crippen molar-refractivity contribution in [2.45, 2.75) is 40.2 Å². The van der Waals surface area contributed by atoms with E-state index in [0.29, 0.717) is 47.4 Å². The topological polar surface area (TPSA) is 95.3 Å². The molecule has 0 spiro atoms. The molecule has 4 aromatic rings. The second-order valence-electron chi connectivity index (χ2n) is 10.3. The number of benzene rings is 3. The molecule has 1 aliphatic heterocycles. The van der Waals surface area contributed by atoms with Crippen molar-refractivity contribution in [2.24, 2.45) is 5.92 Å². The minimum Gasteiger partial charge on any atom is -0.490 e. The van der Waals surface area contributed by atoms with Gasteiger partial charge in [-0.25, -0.2) is 9.18 Å². The summed E-state index contributed by atoms with van der Waals surface area (Å²) in [5.41, 5.74) is 0.996. The van der Waals surface area contributed by atoms with E-state index in [0.717, 1.165) is 12.5 Å². The first kappa shape index (κ1) is 28.9. The molecule has 42 heavy (non-hydrogen) atoms. The summed E-state index contributed by atoms with van der Waals surface area (Å²) < 4.78 is 37.1. The molecule has 8 nitrogen and oxygen atoms in total. The van der Waals surface area contributed by atoms with Crippen molar-refractivity contribution in [3.8, 4) is 11.5 Å². The number of carbonyl (C=O) groups excluding carboxylic acids is 2. The van der Waals surface area contributed by atoms with E-state index in [9.17, 15) is 18.8 Å². The van der Waals surface area contributed by atoms with Crippen LogP contribution in [-0.4, -0.2) is 31.7 Å². The zero-order valence-electron chi connectivity index (χ0n) is 23.9. The Morgan fingerprint density at radius 1 is 0.952 bits per heavy atom. The number of ether oxygens (including phenoxy) is 3. The van der Waals surface area contributed by atoms with Crippen molar-refractivity contribution in [3.05, 3.63) is 99.2 Å². The summed E-state index contributed by atoms with van der Waals surface area (Å²) in [6.45, 7) is 8.89. The Labute approximate surface area is 242 Å². The van der Waals surface area contributed by atoms with Gasteiger partial charge in [-0.15, -0.1) is 0 Å². The molecule has 218 valence electrons. The van der Waals surface area contributed by atoms with E-state index in [1.54, 1.807) is 49.4 Å². The number of rotatable bonds is 10. The molecule has 2 heterocycles. The first-order valence-electron chi connectivity index (χ1n) is 14.0. The fourth-order valence-corrected chi connectivity index (χ4v) is 4.99. The molecule has 1 aromatic heterocycles. The van der Waals surface area contributed by atoms with Crippen molar-refractivity contribution in [2.75, 3.05) is 24.7 Å². The van der Waals surface area contributed by atoms with Crippen molar-refractivity contribution < 1.29 is 32.6 Å². The smallest absolute Gasteiger partial charge is 0.338 e. The molecule has 1 aliphatic rings. The van der Waals surface area contributed by atoms with Gasteiger partial charge >= 0.3 is 5.97 Å². The maximum Gasteiger partial charge on any atom is 0.338 e. The summed E-state index contributed by atoms with van der Waals surface area (Å²) in [4.78, 5) is 41.4. The first-order chi connectivity index (χ1) is 20.2. The highest BCUT2D eigenvalue weighted by Gasteiger charge is 2.44. The fraction of sp³-hybridized carbons (Fsp3) is 0.303. The lowest BCUT2D eigenvalue weighted by Gasteiger charge is -2.26. The van der Waals surface area contributed by atoms with Gasteiger partial charge in [0.25, 0.3) is 5.91 Å². The lowest BCUT2D eigenvalue weighted by atomic mass is 9.97. The summed E-state index contributed by atoms with van der Waals surface area (Å²) in [6.07, 6.45) is 0.859. The molecule has 0 N–H and O–H groups in total. The van der Waals surface area contributed by atoms with Crippen LogP contribution in [0.1, 0.15) is 72.2 Å². The largest absolute Gasteiger partial charge is 0.490 e. The Kier molecular flexibility index (Phi) is 8.29. The van der Waals surface area contributed by atoms with E-state index in [4.69, 9.17) is 18.6 Å². The van der Waals surface area contributed by atoms with Crippen LogP contribution < -0.4 is 19.8 Å². The van der Waals surface area contributed by atoms with E-state index < -0.39 is 29.2 Å². The number of esters is 1. The fourth-order valence-electron chi connectivity index (χ4n) is 4.99. The lowest BCUT2D eigenvalue weighted by molar-refractivity contribution is 0.0526. The van der Waals surface area contributed by atoms with Gasteiger partial charge in [-0.3, -0.25) is 14.5 Å². The van der Waals surface area contributed by atoms with Gasteiger partial charge in [0.15, 0.2) is 16.9 Å². The molecule has 0 bridgehead atoms. The van der Waals surface area contributed by atoms with Gasteiger partial charge in [-0.1, -0.05) is 19.9 Å². The summed E-state index contributed by atoms with van der Waals surface area (Å²) >= 11 is 0. The third-order valence-electron chi connectivity index (χ3n) is 7.02. The number of amides is 1. The summed E-state index contributed by atoms with van der Waals surface area (Å²) in [6, 6.07) is 14.3. The lowest BCUT2D eigenvalue weighted by Crippen LogP contribution is -2.29. The van der Waals surface area contributed by atoms with Crippen LogP contribution in [0.3, 0.4) is 0 Å². The quantitative estimate of drug-likeness (QED) is 0.195. The summed E-state index contributed by atoms with van der Waals surface area (Å²) in [5, 5.41) is 0.0322. The van der Waals surface area contributed by atoms with E-state index in [1.807, 2.05) is 6.92 Å². The zero-order valence-corrected chi connectivity index (χ0v) is 23.9. The highest BCUT2D eigenvalue weighted by molar-refractivity contribution is 6.10. The monoisotopic (exact) mass is 573 g/mol. The van der Waals surface area contributed by atoms with Crippen LogP contribution in [-0.2, 0) is 4.74 Å². The number of halogens is 1. The standard InChI is InChI=1S/C33H32FNO7/c1-5-39-27-17-21(9-13-26(27)41-16-15-19(3)4)29-28-30(36)24-18-22(34)10-14-25(24)42-31(28)32(37)35(29)23-11-7-20(8-12-23)33(38)40-6-2/h7-14,17-19,29H,5-6,15-16H2,1-4H3. The Morgan fingerprint density at radius 2 is 1.71 bits per heavy atom. The molecule has 0 saturated carbocycles. The Balaban J connectivity index is 1.66. The predicted octanol–water partition coefficient (Wildman–Crippen LogP) is 6.68. The van der Waals surface area contributed by atoms with Crippen LogP contribution in [0.5, 0.6) is 11.5 Å². The molecule has 0 aliphatic carbocycles. The van der Waals surface area contributed by atoms with Crippen LogP contribution in [0.25, 0.3) is 11.0 Å². The number of carbonyl (C=O) groups is 2. The Bertz CT molecular complexity index is 1690. The van der Waals surface area contributed by atoms with Gasteiger partial charge in [-0.2, -0.15) is 0 Å². The number of nitrogens with zero attached hydrogens (tertiary/aromatic N) is 1. The van der Waals surface area contributed by atoms with E-state index >= 15 is 0 Å². The summed E-state index contributed by atoms with van der Waals surface area (Å²) in [7, 11) is 0. The van der Waals surface area contributed by atoms with Crippen molar-refractivity contribution in [3.63, 3.8) is 0 Å². The molecular weight excluding hydrogens is 541 g/mol. The highest BCUT2D eigenvalue weighted by Crippen LogP contribution is 2.43. The zero-order chi connectivity index (χ0) is 30.0. The molecule has 0 fully saturated rings. The molecule has 0 saturated heterocycles. The molecule has 5 rings (SSSR count). The van der Waals surface area contributed by atoms with Crippen molar-refractivity contribution >= 4 is 28.5 Å². The van der Waals surface area contributed by atoms with Crippen molar-refractivity contribution in [1.29, 1.82) is 0 Å². The average Bonchev–Trinajstić information content (AvgIpc) is 3.26. The molecule has 9 heteroatoms. The van der Waals surface area contributed by atoms with Gasteiger partial charge in [0.1, 0.15) is 11.4 Å². The molecule has 1 atom stereocenters. The second kappa shape index (κ2) is 12.1. The third-order valence-corrected chi connectivity index (χ3v) is 7.02. The van der Waals surface area contributed by atoms with Gasteiger partial charge in [0.2, 0.25) is 5.76 Å². The van der Waals surface area contributed by atoms with Gasteiger partial charge in [0, 0.05) is 5.69 Å². The van der Waals surface area contributed by atoms with Gasteiger partial charge < -0.3 is 18.6 Å². The molecular formula is C33H32FNO7. The van der Waals surface area contributed by atoms with E-state index in [1.165, 1.54) is 17.0 Å². The normalized spacial score (nSPS) is 14.4. The van der Waals surface area contributed by atoms with Crippen LogP contribution in [0.4, 0.5) is 10.1 Å². The van der Waals surface area contributed by atoms with Gasteiger partial charge in [0.05, 0.1) is 42.4 Å². The molecule has 1 amide bonds. The van der Waals surface area contributed by atoms with Gasteiger partial charge in [-0.05, 0) is 86.3 Å². The SMILES string of the molecule is CCOC(=O)c1ccc(N2C(=O)c3oc4ccc(F)cc4c(=O)c3C2c2ccc(OCCC(C)C)c(OCC)c2)cc1. The summed E-state index contributed by atoms with van der Waals surface area (Å²) in [5.74, 6) is -0.285. The maximum absolute atomic E-state index is 14.2. The number of hydrogen-bond donors (Lipinski definition) is 0. The van der Waals surface area contributed by atoms with Crippen LogP contribution >= 0.6 is 0 Å². The molecule has 1 unspecified atom stereocenters. The van der Waals surface area contributed by atoms with E-state index in [-0.39, 0.29) is 28.9 Å². The average molecular weight is 574 g/mol. The van der Waals surface area contributed by atoms with Crippen LogP contribution in [0, 0.1) is 11.7 Å². The van der Waals surface area contributed by atoms with Crippen molar-refractivity contribution in [1.82, 2.24) is 0 Å². The number of anilines is 1. The highest BCUT2D eigenvalue weighted by atomic mass is 19.1. The number of fused-ring (bicyclic) bond motifs is 2. The van der Waals surface area contributed by atoms with Crippen LogP contribution in [0.2, 0.25) is 0 Å². The Morgan fingerprint density at radius 3 is 2.40 bits per heavy atom. The second-order valence-corrected chi connectivity index (χ2v) is 10.3. The molecule has 3 aromatic carbocycles. The number of hydrogen-bond acceptors (Lipinski definition) is 7. The third kappa shape index (κ3) is 5.46. The van der Waals surface area contributed by atoms with Crippen LogP contribution in [0.15, 0.2) is 69.9 Å². The Hall–Kier alpha value is -4.66. The maximum atomic E-state index is 14.2. The minimum absolute atomic E-state index is 0.0322.